The summed E-state index contributed by atoms with van der Waals surface area (Å²) in [5, 5.41) is 1.21. The summed E-state index contributed by atoms with van der Waals surface area (Å²) in [6.07, 6.45) is 31.7. The largest absolute Gasteiger partial charge is 0.456 e. The predicted octanol–water partition coefficient (Wildman–Crippen LogP) is 15.8. The topological polar surface area (TPSA) is 16.4 Å². The molecule has 1 heterocycles. The van der Waals surface area contributed by atoms with Crippen molar-refractivity contribution >= 4 is 39.1 Å². The third-order valence-electron chi connectivity index (χ3n) is 13.1. The molecule has 0 amide bonds. The molecule has 2 nitrogen and oxygen atoms in total. The minimum Gasteiger partial charge on any atom is -0.456 e. The molecule has 1 aromatic heterocycles. The number of anilines is 2. The Morgan fingerprint density at radius 3 is 2.28 bits per heavy atom. The zero-order chi connectivity index (χ0) is 41.2. The molecule has 61 heavy (non-hydrogen) atoms. The number of fused-ring (bicyclic) bond motifs is 3. The first-order valence-corrected chi connectivity index (χ1v) is 22.4. The van der Waals surface area contributed by atoms with E-state index < -0.39 is 0 Å². The van der Waals surface area contributed by atoms with Crippen LogP contribution < -0.4 is 4.90 Å². The minimum absolute atomic E-state index is 0.235. The SMILES string of the molecule is CC/C=C(/c1ccc(C2=CCC=C(N(c3ccccc3)c3ccc4c(c3)CC(C3=CCCC=C3)(c3ccccc3)C3=C4CCC=C3)C=C2)cc1)c1oc2ccccc2c1CC. The van der Waals surface area contributed by atoms with Gasteiger partial charge >= 0.3 is 0 Å². The van der Waals surface area contributed by atoms with Crippen LogP contribution in [-0.2, 0) is 18.3 Å². The van der Waals surface area contributed by atoms with Crippen molar-refractivity contribution in [2.75, 3.05) is 4.90 Å². The Bertz CT molecular complexity index is 2850. The van der Waals surface area contributed by atoms with Crippen molar-refractivity contribution < 1.29 is 4.42 Å². The number of hydrogen-bond donors (Lipinski definition) is 0. The van der Waals surface area contributed by atoms with E-state index in [9.17, 15) is 0 Å². The number of benzene rings is 5. The molecule has 10 rings (SSSR count). The minimum atomic E-state index is -0.235. The number of hydrogen-bond acceptors (Lipinski definition) is 2. The highest BCUT2D eigenvalue weighted by atomic mass is 16.3. The first-order valence-electron chi connectivity index (χ1n) is 22.4. The zero-order valence-electron chi connectivity index (χ0n) is 35.4. The van der Waals surface area contributed by atoms with Crippen molar-refractivity contribution in [3.8, 4) is 0 Å². The van der Waals surface area contributed by atoms with E-state index in [4.69, 9.17) is 4.42 Å². The van der Waals surface area contributed by atoms with Gasteiger partial charge in [-0.1, -0.05) is 166 Å². The molecule has 1 atom stereocenters. The van der Waals surface area contributed by atoms with Gasteiger partial charge in [-0.3, -0.25) is 0 Å². The summed E-state index contributed by atoms with van der Waals surface area (Å²) < 4.78 is 6.53. The van der Waals surface area contributed by atoms with Crippen LogP contribution in [-0.4, -0.2) is 0 Å². The molecular formula is C59H53NO. The van der Waals surface area contributed by atoms with Crippen LogP contribution in [0.4, 0.5) is 11.4 Å². The Morgan fingerprint density at radius 1 is 0.705 bits per heavy atom. The van der Waals surface area contributed by atoms with Crippen LogP contribution in [0.2, 0.25) is 0 Å². The molecule has 0 saturated carbocycles. The van der Waals surface area contributed by atoms with Gasteiger partial charge in [-0.05, 0) is 138 Å². The average Bonchev–Trinajstić information content (AvgIpc) is 3.53. The lowest BCUT2D eigenvalue weighted by molar-refractivity contribution is 0.590. The second kappa shape index (κ2) is 16.8. The third-order valence-corrected chi connectivity index (χ3v) is 13.1. The van der Waals surface area contributed by atoms with Gasteiger partial charge in [0.25, 0.3) is 0 Å². The normalized spacial score (nSPS) is 18.6. The summed E-state index contributed by atoms with van der Waals surface area (Å²) >= 11 is 0. The van der Waals surface area contributed by atoms with Gasteiger partial charge in [-0.15, -0.1) is 0 Å². The lowest BCUT2D eigenvalue weighted by atomic mass is 9.58. The van der Waals surface area contributed by atoms with Crippen molar-refractivity contribution in [3.05, 3.63) is 244 Å². The molecule has 4 aliphatic rings. The first-order chi connectivity index (χ1) is 30.2. The highest BCUT2D eigenvalue weighted by molar-refractivity contribution is 5.91. The number of aryl methyl sites for hydroxylation is 1. The smallest absolute Gasteiger partial charge is 0.138 e. The van der Waals surface area contributed by atoms with Gasteiger partial charge in [-0.2, -0.15) is 0 Å². The predicted molar refractivity (Wildman–Crippen MR) is 258 cm³/mol. The maximum absolute atomic E-state index is 6.53. The zero-order valence-corrected chi connectivity index (χ0v) is 35.4. The fourth-order valence-electron chi connectivity index (χ4n) is 10.3. The number of para-hydroxylation sites is 2. The molecule has 1 unspecified atom stereocenters. The van der Waals surface area contributed by atoms with E-state index in [1.165, 1.54) is 78.0 Å². The summed E-state index contributed by atoms with van der Waals surface area (Å²) in [6.45, 7) is 4.42. The highest BCUT2D eigenvalue weighted by Crippen LogP contribution is 2.54. The van der Waals surface area contributed by atoms with E-state index in [2.05, 4.69) is 207 Å². The molecule has 300 valence electrons. The standard InChI is InChI=1S/C59H53NO/c1-3-19-53(58-51(4-2)55-29-15-17-31-57(55)61-58)44-34-32-43(33-35-44)42-20-18-27-49(37-36-42)60(48-25-12-7-13-26-48)50-38-39-52-45(40-50)41-59(46-21-8-5-9-22-46,47-23-10-6-11-24-47)56-30-16-14-28-54(52)56/h5,7-10,12-13,15-17,19-27,29-40H,3-4,6,11,14,18,28,41H2,1-2H3/b53-19-. The van der Waals surface area contributed by atoms with Crippen LogP contribution in [0.3, 0.4) is 0 Å². The molecule has 6 aromatic rings. The molecule has 0 spiro atoms. The molecule has 4 aliphatic carbocycles. The van der Waals surface area contributed by atoms with Crippen molar-refractivity contribution in [1.29, 1.82) is 0 Å². The van der Waals surface area contributed by atoms with Gasteiger partial charge in [0, 0.05) is 39.0 Å². The number of allylic oxidation sites excluding steroid dienone is 14. The molecule has 0 fully saturated rings. The number of furan rings is 1. The molecule has 0 aliphatic heterocycles. The van der Waals surface area contributed by atoms with Crippen LogP contribution in [0.15, 0.2) is 209 Å². The van der Waals surface area contributed by atoms with E-state index in [1.807, 2.05) is 0 Å². The molecule has 0 saturated heterocycles. The van der Waals surface area contributed by atoms with Crippen molar-refractivity contribution in [2.24, 2.45) is 0 Å². The van der Waals surface area contributed by atoms with E-state index >= 15 is 0 Å². The van der Waals surface area contributed by atoms with Crippen molar-refractivity contribution in [2.45, 2.75) is 70.6 Å². The van der Waals surface area contributed by atoms with Crippen LogP contribution in [0.25, 0.3) is 27.7 Å². The maximum atomic E-state index is 6.53. The van der Waals surface area contributed by atoms with Crippen LogP contribution >= 0.6 is 0 Å². The van der Waals surface area contributed by atoms with E-state index in [-0.39, 0.29) is 5.41 Å². The summed E-state index contributed by atoms with van der Waals surface area (Å²) in [6, 6.07) is 46.9. The van der Waals surface area contributed by atoms with Gasteiger partial charge in [0.2, 0.25) is 0 Å². The first kappa shape index (κ1) is 38.6. The third kappa shape index (κ3) is 7.04. The molecule has 5 aromatic carbocycles. The summed E-state index contributed by atoms with van der Waals surface area (Å²) in [5.74, 6) is 0.991. The quantitative estimate of drug-likeness (QED) is 0.137. The van der Waals surface area contributed by atoms with Crippen molar-refractivity contribution in [3.63, 3.8) is 0 Å². The highest BCUT2D eigenvalue weighted by Gasteiger charge is 2.44. The van der Waals surface area contributed by atoms with Crippen LogP contribution in [0.5, 0.6) is 0 Å². The van der Waals surface area contributed by atoms with Crippen molar-refractivity contribution in [1.82, 2.24) is 0 Å². The summed E-state index contributed by atoms with van der Waals surface area (Å²) in [7, 11) is 0. The fourth-order valence-corrected chi connectivity index (χ4v) is 10.3. The van der Waals surface area contributed by atoms with E-state index in [0.717, 1.165) is 68.4 Å². The van der Waals surface area contributed by atoms with Gasteiger partial charge < -0.3 is 9.32 Å². The maximum Gasteiger partial charge on any atom is 0.138 e. The Balaban J connectivity index is 0.995. The second-order valence-corrected chi connectivity index (χ2v) is 16.7. The lowest BCUT2D eigenvalue weighted by Crippen LogP contribution is -2.37. The van der Waals surface area contributed by atoms with Gasteiger partial charge in [-0.25, -0.2) is 0 Å². The lowest BCUT2D eigenvalue weighted by Gasteiger charge is -2.44. The molecule has 0 N–H and O–H groups in total. The molecule has 0 bridgehead atoms. The summed E-state index contributed by atoms with van der Waals surface area (Å²) in [4.78, 5) is 2.45. The fraction of sp³-hybridized carbons (Fsp3) is 0.186. The van der Waals surface area contributed by atoms with Gasteiger partial charge in [0.05, 0.1) is 0 Å². The van der Waals surface area contributed by atoms with E-state index in [0.29, 0.717) is 0 Å². The van der Waals surface area contributed by atoms with Crippen LogP contribution in [0, 0.1) is 0 Å². The Labute approximate surface area is 361 Å². The second-order valence-electron chi connectivity index (χ2n) is 16.7. The molecular weight excluding hydrogens is 739 g/mol. The Kier molecular flexibility index (Phi) is 10.6. The Morgan fingerprint density at radius 2 is 1.49 bits per heavy atom. The monoisotopic (exact) mass is 791 g/mol. The van der Waals surface area contributed by atoms with E-state index in [1.54, 1.807) is 0 Å². The van der Waals surface area contributed by atoms with Gasteiger partial charge in [0.1, 0.15) is 11.3 Å². The Hall–Kier alpha value is -6.64. The molecule has 0 radical (unpaired) electrons. The molecule has 2 heteroatoms. The number of rotatable bonds is 10. The summed E-state index contributed by atoms with van der Waals surface area (Å²) in [5.41, 5.74) is 18.9. The van der Waals surface area contributed by atoms with Gasteiger partial charge in [0.15, 0.2) is 0 Å². The number of nitrogens with zero attached hydrogens (tertiary/aromatic N) is 1. The van der Waals surface area contributed by atoms with Crippen LogP contribution in [0.1, 0.15) is 91.5 Å². The average molecular weight is 792 g/mol.